The van der Waals surface area contributed by atoms with Gasteiger partial charge in [-0.15, -0.1) is 0 Å². The van der Waals surface area contributed by atoms with Crippen LogP contribution < -0.4 is 5.73 Å². The molecule has 0 atom stereocenters. The Labute approximate surface area is 65.7 Å². The van der Waals surface area contributed by atoms with Crippen LogP contribution in [0, 0.1) is 6.92 Å². The van der Waals surface area contributed by atoms with Crippen LogP contribution in [0.2, 0.25) is 0 Å². The molecular formula is C7H9FeN. The molecule has 50 valence electrons. The minimum atomic E-state index is 0. The minimum absolute atomic E-state index is 0. The van der Waals surface area contributed by atoms with Gasteiger partial charge in [0.15, 0.2) is 0 Å². The molecule has 0 amide bonds. The van der Waals surface area contributed by atoms with Crippen molar-refractivity contribution in [3.8, 4) is 0 Å². The fourth-order valence-corrected chi connectivity index (χ4v) is 0.587. The first kappa shape index (κ1) is 8.54. The average molecular weight is 163 g/mol. The van der Waals surface area contributed by atoms with Gasteiger partial charge in [0.25, 0.3) is 0 Å². The molecule has 0 saturated heterocycles. The summed E-state index contributed by atoms with van der Waals surface area (Å²) in [5.41, 5.74) is 7.53. The molecule has 9 heavy (non-hydrogen) atoms. The Morgan fingerprint density at radius 3 is 2.11 bits per heavy atom. The average Bonchev–Trinajstić information content (AvgIpc) is 1.77. The molecule has 2 heteroatoms. The number of nitrogen functional groups attached to an aromatic ring is 1. The SMILES string of the molecule is Cc1ccccc1N.[Fe]. The Kier molecular flexibility index (Phi) is 3.36. The Morgan fingerprint density at radius 1 is 1.22 bits per heavy atom. The Morgan fingerprint density at radius 2 is 1.78 bits per heavy atom. The number of para-hydroxylation sites is 1. The van der Waals surface area contributed by atoms with Gasteiger partial charge in [-0.3, -0.25) is 0 Å². The first-order valence-corrected chi connectivity index (χ1v) is 2.62. The van der Waals surface area contributed by atoms with Crippen molar-refractivity contribution in [2.24, 2.45) is 0 Å². The fraction of sp³-hybridized carbons (Fsp3) is 0.143. The van der Waals surface area contributed by atoms with Crippen LogP contribution in [0.1, 0.15) is 5.56 Å². The number of nitrogens with two attached hydrogens (primary N) is 1. The zero-order valence-electron chi connectivity index (χ0n) is 5.24. The third kappa shape index (κ3) is 2.08. The van der Waals surface area contributed by atoms with Crippen LogP contribution in [0.5, 0.6) is 0 Å². The third-order valence-corrected chi connectivity index (χ3v) is 1.19. The molecule has 0 bridgehead atoms. The maximum atomic E-state index is 5.52. The van der Waals surface area contributed by atoms with Crippen molar-refractivity contribution in [2.75, 3.05) is 5.73 Å². The maximum absolute atomic E-state index is 5.52. The molecular weight excluding hydrogens is 154 g/mol. The first-order chi connectivity index (χ1) is 3.80. The van der Waals surface area contributed by atoms with Gasteiger partial charge in [0.2, 0.25) is 0 Å². The zero-order valence-corrected chi connectivity index (χ0v) is 6.34. The van der Waals surface area contributed by atoms with Crippen LogP contribution in [0.15, 0.2) is 24.3 Å². The van der Waals surface area contributed by atoms with E-state index in [1.54, 1.807) is 0 Å². The van der Waals surface area contributed by atoms with Crippen LogP contribution in [0.4, 0.5) is 5.69 Å². The Bertz CT molecular complexity index is 165. The van der Waals surface area contributed by atoms with Crippen LogP contribution >= 0.6 is 0 Å². The molecule has 1 rings (SSSR count). The second-order valence-electron chi connectivity index (χ2n) is 1.86. The molecule has 1 aromatic carbocycles. The van der Waals surface area contributed by atoms with Crippen molar-refractivity contribution >= 4 is 5.69 Å². The van der Waals surface area contributed by atoms with Gasteiger partial charge >= 0.3 is 0 Å². The van der Waals surface area contributed by atoms with Gasteiger partial charge in [-0.1, -0.05) is 18.2 Å². The van der Waals surface area contributed by atoms with E-state index in [1.165, 1.54) is 0 Å². The van der Waals surface area contributed by atoms with Crippen molar-refractivity contribution in [2.45, 2.75) is 6.92 Å². The van der Waals surface area contributed by atoms with Crippen molar-refractivity contribution < 1.29 is 17.1 Å². The molecule has 0 aromatic heterocycles. The van der Waals surface area contributed by atoms with E-state index in [1.807, 2.05) is 31.2 Å². The van der Waals surface area contributed by atoms with Crippen LogP contribution in [0.3, 0.4) is 0 Å². The van der Waals surface area contributed by atoms with Gasteiger partial charge in [-0.25, -0.2) is 0 Å². The molecule has 1 nitrogen and oxygen atoms in total. The number of aryl methyl sites for hydroxylation is 1. The largest absolute Gasteiger partial charge is 0.399 e. The molecule has 0 fully saturated rings. The summed E-state index contributed by atoms with van der Waals surface area (Å²) in [5.74, 6) is 0. The summed E-state index contributed by atoms with van der Waals surface area (Å²) < 4.78 is 0. The van der Waals surface area contributed by atoms with Gasteiger partial charge < -0.3 is 5.73 Å². The second-order valence-corrected chi connectivity index (χ2v) is 1.86. The molecule has 0 radical (unpaired) electrons. The van der Waals surface area contributed by atoms with Gasteiger partial charge in [-0.05, 0) is 18.6 Å². The molecule has 0 aliphatic rings. The molecule has 0 aliphatic heterocycles. The standard InChI is InChI=1S/C7H9N.Fe/c1-6-4-2-3-5-7(6)8;/h2-5H,8H2,1H3;. The summed E-state index contributed by atoms with van der Waals surface area (Å²) in [4.78, 5) is 0. The molecule has 0 spiro atoms. The van der Waals surface area contributed by atoms with Gasteiger partial charge in [0.1, 0.15) is 0 Å². The van der Waals surface area contributed by atoms with Crippen molar-refractivity contribution in [1.82, 2.24) is 0 Å². The number of benzene rings is 1. The number of anilines is 1. The summed E-state index contributed by atoms with van der Waals surface area (Å²) in [5, 5.41) is 0. The monoisotopic (exact) mass is 163 g/mol. The maximum Gasteiger partial charge on any atom is 0.0343 e. The summed E-state index contributed by atoms with van der Waals surface area (Å²) in [6.07, 6.45) is 0. The van der Waals surface area contributed by atoms with E-state index in [4.69, 9.17) is 5.73 Å². The van der Waals surface area contributed by atoms with Crippen molar-refractivity contribution in [3.63, 3.8) is 0 Å². The molecule has 0 saturated carbocycles. The quantitative estimate of drug-likeness (QED) is 0.456. The first-order valence-electron chi connectivity index (χ1n) is 2.62. The van der Waals surface area contributed by atoms with Crippen molar-refractivity contribution in [3.05, 3.63) is 29.8 Å². The van der Waals surface area contributed by atoms with E-state index < -0.39 is 0 Å². The van der Waals surface area contributed by atoms with Crippen LogP contribution in [0.25, 0.3) is 0 Å². The molecule has 2 N–H and O–H groups in total. The minimum Gasteiger partial charge on any atom is -0.399 e. The smallest absolute Gasteiger partial charge is 0.0343 e. The molecule has 0 heterocycles. The number of hydrogen-bond donors (Lipinski definition) is 1. The topological polar surface area (TPSA) is 26.0 Å². The summed E-state index contributed by atoms with van der Waals surface area (Å²) >= 11 is 0. The predicted octanol–water partition coefficient (Wildman–Crippen LogP) is 1.57. The number of hydrogen-bond acceptors (Lipinski definition) is 1. The Balaban J connectivity index is 0.000000640. The second kappa shape index (κ2) is 3.54. The van der Waals surface area contributed by atoms with E-state index in [9.17, 15) is 0 Å². The third-order valence-electron chi connectivity index (χ3n) is 1.19. The van der Waals surface area contributed by atoms with Gasteiger partial charge in [0.05, 0.1) is 0 Å². The van der Waals surface area contributed by atoms with E-state index >= 15 is 0 Å². The van der Waals surface area contributed by atoms with Crippen LogP contribution in [-0.2, 0) is 17.1 Å². The normalized spacial score (nSPS) is 8.11. The van der Waals surface area contributed by atoms with Crippen molar-refractivity contribution in [1.29, 1.82) is 0 Å². The van der Waals surface area contributed by atoms with Gasteiger partial charge in [0, 0.05) is 22.8 Å². The summed E-state index contributed by atoms with van der Waals surface area (Å²) in [6, 6.07) is 7.80. The molecule has 1 aromatic rings. The van der Waals surface area contributed by atoms with E-state index in [0.717, 1.165) is 11.3 Å². The fourth-order valence-electron chi connectivity index (χ4n) is 0.587. The van der Waals surface area contributed by atoms with E-state index in [2.05, 4.69) is 0 Å². The number of rotatable bonds is 0. The van der Waals surface area contributed by atoms with Gasteiger partial charge in [-0.2, -0.15) is 0 Å². The van der Waals surface area contributed by atoms with E-state index in [-0.39, 0.29) is 17.1 Å². The summed E-state index contributed by atoms with van der Waals surface area (Å²) in [7, 11) is 0. The summed E-state index contributed by atoms with van der Waals surface area (Å²) in [6.45, 7) is 2.00. The molecule has 0 unspecified atom stereocenters. The van der Waals surface area contributed by atoms with E-state index in [0.29, 0.717) is 0 Å². The predicted molar refractivity (Wildman–Crippen MR) is 35.6 cm³/mol. The molecule has 0 aliphatic carbocycles. The zero-order chi connectivity index (χ0) is 5.98. The Hall–Kier alpha value is -0.461. The van der Waals surface area contributed by atoms with Crippen LogP contribution in [-0.4, -0.2) is 0 Å².